The molecule has 0 aliphatic carbocycles. The zero-order valence-electron chi connectivity index (χ0n) is 8.13. The molecular formula is C10H12BrN3. The smallest absolute Gasteiger partial charge is 0.150 e. The number of nitrogen functional groups attached to an aromatic ring is 1. The second kappa shape index (κ2) is 3.89. The fraction of sp³-hybridized carbons (Fsp3) is 0.300. The number of rotatable bonds is 2. The molecule has 14 heavy (non-hydrogen) atoms. The lowest BCUT2D eigenvalue weighted by Gasteiger charge is -2.21. The average Bonchev–Trinajstić information content (AvgIpc) is 2.10. The van der Waals surface area contributed by atoms with Crippen LogP contribution >= 0.6 is 15.9 Å². The van der Waals surface area contributed by atoms with Gasteiger partial charge in [-0.3, -0.25) is 0 Å². The summed E-state index contributed by atoms with van der Waals surface area (Å²) in [4.78, 5) is 4.13. The maximum absolute atomic E-state index is 5.76. The first-order chi connectivity index (χ1) is 6.44. The summed E-state index contributed by atoms with van der Waals surface area (Å²) in [5, 5.41) is 3.07. The molecule has 1 aromatic heterocycles. The Hall–Kier alpha value is -1.21. The van der Waals surface area contributed by atoms with Gasteiger partial charge in [0.1, 0.15) is 5.82 Å². The maximum atomic E-state index is 5.76. The lowest BCUT2D eigenvalue weighted by Crippen LogP contribution is -2.29. The van der Waals surface area contributed by atoms with Crippen LogP contribution in [0.3, 0.4) is 0 Å². The second-order valence-corrected chi connectivity index (χ2v) is 4.40. The molecule has 0 radical (unpaired) electrons. The highest BCUT2D eigenvalue weighted by molar-refractivity contribution is 9.10. The predicted octanol–water partition coefficient (Wildman–Crippen LogP) is 2.25. The van der Waals surface area contributed by atoms with Crippen LogP contribution in [-0.2, 0) is 0 Å². The number of aromatic nitrogens is 1. The van der Waals surface area contributed by atoms with Gasteiger partial charge in [0, 0.05) is 10.7 Å². The van der Waals surface area contributed by atoms with E-state index in [4.69, 9.17) is 12.2 Å². The number of nitrogens with zero attached hydrogens (tertiary/aromatic N) is 1. The Kier molecular flexibility index (Phi) is 3.02. The molecule has 1 rings (SSSR count). The molecule has 4 heteroatoms. The van der Waals surface area contributed by atoms with Gasteiger partial charge < -0.3 is 11.1 Å². The first kappa shape index (κ1) is 10.9. The largest absolute Gasteiger partial charge is 0.396 e. The van der Waals surface area contributed by atoms with E-state index in [9.17, 15) is 0 Å². The van der Waals surface area contributed by atoms with E-state index in [1.165, 1.54) is 0 Å². The Balaban J connectivity index is 2.94. The van der Waals surface area contributed by atoms with Crippen LogP contribution in [0.4, 0.5) is 11.5 Å². The third-order valence-electron chi connectivity index (χ3n) is 1.68. The number of pyridine rings is 1. The Bertz CT molecular complexity index is 379. The van der Waals surface area contributed by atoms with E-state index in [1.54, 1.807) is 12.3 Å². The van der Waals surface area contributed by atoms with Crippen molar-refractivity contribution in [1.29, 1.82) is 0 Å². The lowest BCUT2D eigenvalue weighted by atomic mass is 10.1. The Morgan fingerprint density at radius 1 is 1.64 bits per heavy atom. The summed E-state index contributed by atoms with van der Waals surface area (Å²) in [5.74, 6) is 3.22. The highest BCUT2D eigenvalue weighted by Gasteiger charge is 2.15. The fourth-order valence-electron chi connectivity index (χ4n) is 0.891. The van der Waals surface area contributed by atoms with Gasteiger partial charge in [-0.1, -0.05) is 5.92 Å². The minimum absolute atomic E-state index is 0.449. The molecule has 0 spiro atoms. The Labute approximate surface area is 92.2 Å². The van der Waals surface area contributed by atoms with Crippen molar-refractivity contribution in [3.05, 3.63) is 16.7 Å². The van der Waals surface area contributed by atoms with E-state index in [0.29, 0.717) is 11.5 Å². The van der Waals surface area contributed by atoms with Gasteiger partial charge in [-0.2, -0.15) is 0 Å². The van der Waals surface area contributed by atoms with Crippen molar-refractivity contribution in [3.63, 3.8) is 0 Å². The molecule has 3 N–H and O–H groups in total. The zero-order chi connectivity index (χ0) is 10.8. The van der Waals surface area contributed by atoms with Crippen molar-refractivity contribution in [2.75, 3.05) is 11.1 Å². The molecule has 74 valence electrons. The molecule has 0 unspecified atom stereocenters. The van der Waals surface area contributed by atoms with Crippen LogP contribution in [0.25, 0.3) is 0 Å². The highest BCUT2D eigenvalue weighted by Crippen LogP contribution is 2.22. The summed E-state index contributed by atoms with van der Waals surface area (Å²) in [6.45, 7) is 3.77. The van der Waals surface area contributed by atoms with Gasteiger partial charge in [-0.05, 0) is 35.8 Å². The monoisotopic (exact) mass is 253 g/mol. The summed E-state index contributed by atoms with van der Waals surface area (Å²) in [7, 11) is 0. The SMILES string of the molecule is C#CC(C)(C)Nc1ncc(Br)cc1N. The van der Waals surface area contributed by atoms with E-state index < -0.39 is 5.54 Å². The summed E-state index contributed by atoms with van der Waals surface area (Å²) in [5.41, 5.74) is 5.88. The lowest BCUT2D eigenvalue weighted by molar-refractivity contribution is 0.736. The number of nitrogens with one attached hydrogen (secondary N) is 1. The molecule has 0 saturated heterocycles. The number of nitrogens with two attached hydrogens (primary N) is 1. The zero-order valence-corrected chi connectivity index (χ0v) is 9.72. The minimum Gasteiger partial charge on any atom is -0.396 e. The van der Waals surface area contributed by atoms with Gasteiger partial charge in [-0.25, -0.2) is 4.98 Å². The number of terminal acetylenes is 1. The van der Waals surface area contributed by atoms with Crippen molar-refractivity contribution in [1.82, 2.24) is 4.98 Å². The van der Waals surface area contributed by atoms with E-state index in [2.05, 4.69) is 32.2 Å². The maximum Gasteiger partial charge on any atom is 0.150 e. The van der Waals surface area contributed by atoms with E-state index in [0.717, 1.165) is 4.47 Å². The molecule has 0 aliphatic heterocycles. The van der Waals surface area contributed by atoms with Crippen LogP contribution in [0, 0.1) is 12.3 Å². The first-order valence-electron chi connectivity index (χ1n) is 4.11. The first-order valence-corrected chi connectivity index (χ1v) is 4.91. The van der Waals surface area contributed by atoms with Crippen LogP contribution in [0.15, 0.2) is 16.7 Å². The van der Waals surface area contributed by atoms with Gasteiger partial charge in [0.15, 0.2) is 0 Å². The van der Waals surface area contributed by atoms with Crippen LogP contribution < -0.4 is 11.1 Å². The van der Waals surface area contributed by atoms with Crippen LogP contribution in [-0.4, -0.2) is 10.5 Å². The Morgan fingerprint density at radius 2 is 2.29 bits per heavy atom. The summed E-state index contributed by atoms with van der Waals surface area (Å²) < 4.78 is 0.846. The number of hydrogen-bond donors (Lipinski definition) is 2. The minimum atomic E-state index is -0.449. The molecule has 0 aromatic carbocycles. The second-order valence-electron chi connectivity index (χ2n) is 3.49. The summed E-state index contributed by atoms with van der Waals surface area (Å²) >= 11 is 3.28. The fourth-order valence-corrected chi connectivity index (χ4v) is 1.24. The van der Waals surface area contributed by atoms with Crippen LogP contribution in [0.5, 0.6) is 0 Å². The standard InChI is InChI=1S/C10H12BrN3/c1-4-10(2,3)14-9-8(12)5-7(11)6-13-9/h1,5-6H,12H2,2-3H3,(H,13,14). The quantitative estimate of drug-likeness (QED) is 0.796. The molecule has 0 saturated carbocycles. The molecule has 0 bridgehead atoms. The predicted molar refractivity (Wildman–Crippen MR) is 62.9 cm³/mol. The van der Waals surface area contributed by atoms with Gasteiger partial charge in [-0.15, -0.1) is 6.42 Å². The van der Waals surface area contributed by atoms with Crippen LogP contribution in [0.2, 0.25) is 0 Å². The third kappa shape index (κ3) is 2.64. The van der Waals surface area contributed by atoms with Crippen molar-refractivity contribution >= 4 is 27.4 Å². The van der Waals surface area contributed by atoms with Gasteiger partial charge in [0.25, 0.3) is 0 Å². The molecule has 0 atom stereocenters. The van der Waals surface area contributed by atoms with Crippen molar-refractivity contribution in [2.45, 2.75) is 19.4 Å². The average molecular weight is 254 g/mol. The molecule has 0 amide bonds. The number of hydrogen-bond acceptors (Lipinski definition) is 3. The van der Waals surface area contributed by atoms with Gasteiger partial charge in [0.05, 0.1) is 11.2 Å². The third-order valence-corrected chi connectivity index (χ3v) is 2.11. The van der Waals surface area contributed by atoms with Gasteiger partial charge in [0.2, 0.25) is 0 Å². The summed E-state index contributed by atoms with van der Waals surface area (Å²) in [6, 6.07) is 1.78. The number of halogens is 1. The van der Waals surface area contributed by atoms with E-state index in [-0.39, 0.29) is 0 Å². The molecule has 1 aromatic rings. The molecule has 0 fully saturated rings. The molecule has 0 aliphatic rings. The Morgan fingerprint density at radius 3 is 2.79 bits per heavy atom. The molecule has 3 nitrogen and oxygen atoms in total. The van der Waals surface area contributed by atoms with Crippen molar-refractivity contribution in [2.24, 2.45) is 0 Å². The van der Waals surface area contributed by atoms with Crippen molar-refractivity contribution in [3.8, 4) is 12.3 Å². The van der Waals surface area contributed by atoms with E-state index >= 15 is 0 Å². The topological polar surface area (TPSA) is 50.9 Å². The summed E-state index contributed by atoms with van der Waals surface area (Å²) in [6.07, 6.45) is 7.02. The van der Waals surface area contributed by atoms with Crippen molar-refractivity contribution < 1.29 is 0 Å². The van der Waals surface area contributed by atoms with Gasteiger partial charge >= 0.3 is 0 Å². The van der Waals surface area contributed by atoms with Crippen LogP contribution in [0.1, 0.15) is 13.8 Å². The highest BCUT2D eigenvalue weighted by atomic mass is 79.9. The normalized spacial score (nSPS) is 10.7. The van der Waals surface area contributed by atoms with E-state index in [1.807, 2.05) is 13.8 Å². The number of anilines is 2. The molecular weight excluding hydrogens is 242 g/mol. The molecule has 1 heterocycles.